The third kappa shape index (κ3) is 10.6. The van der Waals surface area contributed by atoms with Crippen molar-refractivity contribution in [3.8, 4) is 0 Å². The van der Waals surface area contributed by atoms with Crippen molar-refractivity contribution in [1.29, 1.82) is 0 Å². The SMILES string of the molecule is CCCNC(=O)Cn1ccnc1CC(CC(=O)C(C)(C)C)Cc1nccn1CC(=O)N[C@@H](CCC(=O)O)C(=O)O. The second-order valence-electron chi connectivity index (χ2n) is 10.8. The Kier molecular flexibility index (Phi) is 12.0. The molecular formula is C27H40N6O7. The lowest BCUT2D eigenvalue weighted by molar-refractivity contribution is -0.143. The van der Waals surface area contributed by atoms with E-state index in [0.29, 0.717) is 31.0 Å². The highest BCUT2D eigenvalue weighted by atomic mass is 16.4. The number of hydrogen-bond acceptors (Lipinski definition) is 7. The Hall–Kier alpha value is -4.03. The van der Waals surface area contributed by atoms with E-state index in [4.69, 9.17) is 5.11 Å². The Morgan fingerprint density at radius 3 is 1.95 bits per heavy atom. The molecule has 2 atom stereocenters. The maximum Gasteiger partial charge on any atom is 0.326 e. The van der Waals surface area contributed by atoms with Crippen LogP contribution in [0, 0.1) is 11.3 Å². The summed E-state index contributed by atoms with van der Waals surface area (Å²) in [5.41, 5.74) is -0.565. The number of carbonyl (C=O) groups excluding carboxylic acids is 3. The van der Waals surface area contributed by atoms with E-state index in [2.05, 4.69) is 20.6 Å². The van der Waals surface area contributed by atoms with Crippen LogP contribution >= 0.6 is 0 Å². The third-order valence-electron chi connectivity index (χ3n) is 6.34. The van der Waals surface area contributed by atoms with Gasteiger partial charge < -0.3 is 30.0 Å². The molecule has 13 nitrogen and oxygen atoms in total. The van der Waals surface area contributed by atoms with Crippen molar-refractivity contribution < 1.29 is 34.2 Å². The van der Waals surface area contributed by atoms with Crippen LogP contribution in [0.3, 0.4) is 0 Å². The van der Waals surface area contributed by atoms with E-state index in [-0.39, 0.29) is 43.5 Å². The second kappa shape index (κ2) is 14.9. The van der Waals surface area contributed by atoms with Gasteiger partial charge >= 0.3 is 11.9 Å². The van der Waals surface area contributed by atoms with Gasteiger partial charge in [0.2, 0.25) is 11.8 Å². The molecule has 0 saturated heterocycles. The lowest BCUT2D eigenvalue weighted by atomic mass is 9.83. The summed E-state index contributed by atoms with van der Waals surface area (Å²) in [5.74, 6) is -2.22. The number of aliphatic carboxylic acids is 2. The van der Waals surface area contributed by atoms with Gasteiger partial charge in [0.05, 0.1) is 0 Å². The first-order valence-corrected chi connectivity index (χ1v) is 13.3. The summed E-state index contributed by atoms with van der Waals surface area (Å²) >= 11 is 0. The van der Waals surface area contributed by atoms with E-state index in [9.17, 15) is 29.1 Å². The highest BCUT2D eigenvalue weighted by Crippen LogP contribution is 2.24. The Bertz CT molecular complexity index is 1180. The summed E-state index contributed by atoms with van der Waals surface area (Å²) in [7, 11) is 0. The van der Waals surface area contributed by atoms with Gasteiger partial charge in [0.1, 0.15) is 36.6 Å². The predicted octanol–water partition coefficient (Wildman–Crippen LogP) is 1.45. The molecule has 0 aliphatic carbocycles. The first-order chi connectivity index (χ1) is 18.8. The molecule has 0 fully saturated rings. The van der Waals surface area contributed by atoms with E-state index >= 15 is 0 Å². The number of rotatable bonds is 17. The Balaban J connectivity index is 2.18. The molecule has 2 heterocycles. The lowest BCUT2D eigenvalue weighted by Gasteiger charge is -2.22. The summed E-state index contributed by atoms with van der Waals surface area (Å²) in [6, 6.07) is -1.33. The number of hydrogen-bond donors (Lipinski definition) is 4. The Labute approximate surface area is 233 Å². The van der Waals surface area contributed by atoms with Crippen LogP contribution in [0.25, 0.3) is 0 Å². The van der Waals surface area contributed by atoms with Gasteiger partial charge in [-0.2, -0.15) is 0 Å². The normalized spacial score (nSPS) is 12.9. The molecule has 4 N–H and O–H groups in total. The van der Waals surface area contributed by atoms with Gasteiger partial charge in [0.15, 0.2) is 0 Å². The van der Waals surface area contributed by atoms with Crippen LogP contribution < -0.4 is 10.6 Å². The molecular weight excluding hydrogens is 520 g/mol. The zero-order valence-corrected chi connectivity index (χ0v) is 23.6. The van der Waals surface area contributed by atoms with Crippen molar-refractivity contribution in [2.45, 2.75) is 85.4 Å². The average Bonchev–Trinajstić information content (AvgIpc) is 3.48. The topological polar surface area (TPSA) is 186 Å². The molecule has 220 valence electrons. The largest absolute Gasteiger partial charge is 0.481 e. The summed E-state index contributed by atoms with van der Waals surface area (Å²) in [4.78, 5) is 69.0. The van der Waals surface area contributed by atoms with Gasteiger partial charge in [-0.1, -0.05) is 27.7 Å². The molecule has 2 rings (SSSR count). The van der Waals surface area contributed by atoms with Crippen molar-refractivity contribution in [2.24, 2.45) is 11.3 Å². The average molecular weight is 561 g/mol. The standard InChI is InChI=1S/C27H40N6O7/c1-5-8-30-23(35)16-32-11-9-28-21(32)14-18(13-20(34)27(2,3)4)15-22-29-10-12-33(22)17-24(36)31-19(26(39)40)6-7-25(37)38/h9-12,18-19H,5-8,13-17H2,1-4H3,(H,30,35)(H,31,36)(H,37,38)(H,39,40)/t18?,19-/m0/s1. The van der Waals surface area contributed by atoms with Crippen LogP contribution in [0.5, 0.6) is 0 Å². The number of nitrogens with one attached hydrogen (secondary N) is 2. The molecule has 1 unspecified atom stereocenters. The minimum absolute atomic E-state index is 0.0508. The molecule has 0 radical (unpaired) electrons. The fourth-order valence-electron chi connectivity index (χ4n) is 4.04. The molecule has 2 aromatic heterocycles. The number of imidazole rings is 2. The number of carboxylic acids is 2. The van der Waals surface area contributed by atoms with Crippen LogP contribution in [-0.2, 0) is 49.9 Å². The number of nitrogens with zero attached hydrogens (tertiary/aromatic N) is 4. The number of amides is 2. The molecule has 0 aromatic carbocycles. The molecule has 2 aromatic rings. The fourth-order valence-corrected chi connectivity index (χ4v) is 4.04. The molecule has 0 aliphatic rings. The zero-order chi connectivity index (χ0) is 29.9. The smallest absolute Gasteiger partial charge is 0.326 e. The number of Topliss-reactive ketones (excluding diaryl/α,β-unsaturated/α-hetero) is 1. The van der Waals surface area contributed by atoms with Crippen LogP contribution in [0.1, 0.15) is 65.0 Å². The van der Waals surface area contributed by atoms with Crippen molar-refractivity contribution in [1.82, 2.24) is 29.7 Å². The van der Waals surface area contributed by atoms with Crippen molar-refractivity contribution in [2.75, 3.05) is 6.54 Å². The van der Waals surface area contributed by atoms with Gasteiger partial charge in [0.25, 0.3) is 0 Å². The van der Waals surface area contributed by atoms with E-state index in [1.165, 1.54) is 6.20 Å². The van der Waals surface area contributed by atoms with Crippen molar-refractivity contribution in [3.63, 3.8) is 0 Å². The number of carboxylic acid groups (broad SMARTS) is 2. The van der Waals surface area contributed by atoms with Crippen LogP contribution in [0.2, 0.25) is 0 Å². The summed E-state index contributed by atoms with van der Waals surface area (Å²) in [5, 5.41) is 23.4. The molecule has 40 heavy (non-hydrogen) atoms. The van der Waals surface area contributed by atoms with Crippen LogP contribution in [-0.4, -0.2) is 71.4 Å². The monoisotopic (exact) mass is 560 g/mol. The molecule has 0 saturated carbocycles. The molecule has 2 amide bonds. The number of ketones is 1. The summed E-state index contributed by atoms with van der Waals surface area (Å²) in [6.45, 7) is 7.97. The second-order valence-corrected chi connectivity index (χ2v) is 10.8. The van der Waals surface area contributed by atoms with Gasteiger partial charge in [-0.25, -0.2) is 14.8 Å². The van der Waals surface area contributed by atoms with Crippen molar-refractivity contribution >= 4 is 29.5 Å². The highest BCUT2D eigenvalue weighted by molar-refractivity contribution is 5.84. The first kappa shape index (κ1) is 32.2. The Morgan fingerprint density at radius 2 is 1.48 bits per heavy atom. The number of aromatic nitrogens is 4. The van der Waals surface area contributed by atoms with E-state index in [0.717, 1.165) is 6.42 Å². The molecule has 0 aliphatic heterocycles. The van der Waals surface area contributed by atoms with E-state index < -0.39 is 35.7 Å². The molecule has 0 spiro atoms. The quantitative estimate of drug-likeness (QED) is 0.222. The van der Waals surface area contributed by atoms with Gasteiger partial charge in [-0.3, -0.25) is 19.2 Å². The van der Waals surface area contributed by atoms with E-state index in [1.54, 1.807) is 27.7 Å². The predicted molar refractivity (Wildman–Crippen MR) is 144 cm³/mol. The van der Waals surface area contributed by atoms with Gasteiger partial charge in [-0.05, 0) is 18.8 Å². The first-order valence-electron chi connectivity index (χ1n) is 13.3. The molecule has 13 heteroatoms. The third-order valence-corrected chi connectivity index (χ3v) is 6.34. The Morgan fingerprint density at radius 1 is 0.925 bits per heavy atom. The fraction of sp³-hybridized carbons (Fsp3) is 0.593. The maximum atomic E-state index is 13.0. The number of carbonyl (C=O) groups is 5. The molecule has 0 bridgehead atoms. The maximum absolute atomic E-state index is 13.0. The highest BCUT2D eigenvalue weighted by Gasteiger charge is 2.27. The van der Waals surface area contributed by atoms with Crippen LogP contribution in [0.4, 0.5) is 0 Å². The summed E-state index contributed by atoms with van der Waals surface area (Å²) in [6.07, 6.45) is 7.58. The van der Waals surface area contributed by atoms with Crippen molar-refractivity contribution in [3.05, 3.63) is 36.4 Å². The van der Waals surface area contributed by atoms with Crippen LogP contribution in [0.15, 0.2) is 24.8 Å². The zero-order valence-electron chi connectivity index (χ0n) is 23.6. The van der Waals surface area contributed by atoms with Gasteiger partial charge in [0, 0.05) is 62.4 Å². The minimum Gasteiger partial charge on any atom is -0.481 e. The van der Waals surface area contributed by atoms with Gasteiger partial charge in [-0.15, -0.1) is 0 Å². The summed E-state index contributed by atoms with van der Waals surface area (Å²) < 4.78 is 3.33. The van der Waals surface area contributed by atoms with E-state index in [1.807, 2.05) is 27.7 Å². The lowest BCUT2D eigenvalue weighted by Crippen LogP contribution is -2.42. The minimum atomic E-state index is -1.33.